The zero-order chi connectivity index (χ0) is 15.6. The Kier molecular flexibility index (Phi) is 4.35. The summed E-state index contributed by atoms with van der Waals surface area (Å²) in [6, 6.07) is 2.08. The van der Waals surface area contributed by atoms with E-state index in [2.05, 4.69) is 21.3 Å². The second-order valence-electron chi connectivity index (χ2n) is 5.58. The van der Waals surface area contributed by atoms with Gasteiger partial charge in [-0.05, 0) is 35.2 Å². The van der Waals surface area contributed by atoms with E-state index in [-0.39, 0.29) is 10.3 Å². The van der Waals surface area contributed by atoms with Gasteiger partial charge in [-0.15, -0.1) is 0 Å². The van der Waals surface area contributed by atoms with Crippen LogP contribution in [0.3, 0.4) is 0 Å². The third-order valence-corrected chi connectivity index (χ3v) is 6.21. The average molecular weight is 341 g/mol. The third-order valence-electron chi connectivity index (χ3n) is 4.18. The summed E-state index contributed by atoms with van der Waals surface area (Å²) in [5.74, 6) is 0. The van der Waals surface area contributed by atoms with Crippen LogP contribution >= 0.6 is 11.3 Å². The van der Waals surface area contributed by atoms with Crippen molar-refractivity contribution in [2.24, 2.45) is 7.05 Å². The first-order chi connectivity index (χ1) is 10.5. The summed E-state index contributed by atoms with van der Waals surface area (Å²) in [6.07, 6.45) is 4.51. The molecule has 6 nitrogen and oxygen atoms in total. The van der Waals surface area contributed by atoms with Gasteiger partial charge in [0.05, 0.1) is 6.20 Å². The van der Waals surface area contributed by atoms with Gasteiger partial charge in [0.1, 0.15) is 4.90 Å². The van der Waals surface area contributed by atoms with Crippen molar-refractivity contribution >= 4 is 21.4 Å². The largest absolute Gasteiger partial charge is 0.381 e. The molecule has 8 heteroatoms. The number of aryl methyl sites for hydroxylation is 1. The number of hydrogen-bond acceptors (Lipinski definition) is 5. The number of nitrogens with zero attached hydrogens (tertiary/aromatic N) is 2. The van der Waals surface area contributed by atoms with Crippen molar-refractivity contribution in [2.75, 3.05) is 19.8 Å². The van der Waals surface area contributed by atoms with Crippen molar-refractivity contribution < 1.29 is 13.2 Å². The Morgan fingerprint density at radius 3 is 2.82 bits per heavy atom. The molecule has 2 aromatic heterocycles. The molecule has 22 heavy (non-hydrogen) atoms. The molecular formula is C14H19N3O3S2. The first-order valence-corrected chi connectivity index (χ1v) is 9.53. The fourth-order valence-corrected chi connectivity index (χ4v) is 4.64. The van der Waals surface area contributed by atoms with Crippen LogP contribution in [0.15, 0.2) is 34.1 Å². The number of sulfonamides is 1. The fourth-order valence-electron chi connectivity index (χ4n) is 2.75. The topological polar surface area (TPSA) is 73.2 Å². The molecule has 0 aromatic carbocycles. The Labute approximate surface area is 134 Å². The summed E-state index contributed by atoms with van der Waals surface area (Å²) in [5, 5.41) is 8.05. The number of ether oxygens (including phenoxy) is 1. The van der Waals surface area contributed by atoms with E-state index in [1.807, 2.05) is 5.38 Å². The molecule has 0 radical (unpaired) electrons. The Balaban J connectivity index is 1.80. The average Bonchev–Trinajstić information content (AvgIpc) is 3.18. The molecule has 0 amide bonds. The van der Waals surface area contributed by atoms with Crippen molar-refractivity contribution in [1.82, 2.24) is 14.5 Å². The maximum atomic E-state index is 12.4. The highest BCUT2D eigenvalue weighted by atomic mass is 32.2. The SMILES string of the molecule is Cn1cc(S(=O)(=O)NCC2(c3ccsc3)CCOCC2)cn1. The molecule has 120 valence electrons. The molecule has 1 saturated heterocycles. The van der Waals surface area contributed by atoms with E-state index >= 15 is 0 Å². The molecule has 1 aliphatic heterocycles. The zero-order valence-corrected chi connectivity index (χ0v) is 14.0. The zero-order valence-electron chi connectivity index (χ0n) is 12.4. The quantitative estimate of drug-likeness (QED) is 0.895. The van der Waals surface area contributed by atoms with E-state index in [1.165, 1.54) is 22.6 Å². The van der Waals surface area contributed by atoms with E-state index < -0.39 is 10.0 Å². The van der Waals surface area contributed by atoms with E-state index in [1.54, 1.807) is 18.4 Å². The monoisotopic (exact) mass is 341 g/mol. The number of hydrogen-bond donors (Lipinski definition) is 1. The maximum absolute atomic E-state index is 12.4. The van der Waals surface area contributed by atoms with Gasteiger partial charge >= 0.3 is 0 Å². The van der Waals surface area contributed by atoms with Gasteiger partial charge in [0.2, 0.25) is 10.0 Å². The van der Waals surface area contributed by atoms with E-state index in [4.69, 9.17) is 4.74 Å². The minimum Gasteiger partial charge on any atom is -0.381 e. The Morgan fingerprint density at radius 2 is 2.23 bits per heavy atom. The molecule has 1 fully saturated rings. The van der Waals surface area contributed by atoms with Crippen LogP contribution in [-0.4, -0.2) is 38.0 Å². The van der Waals surface area contributed by atoms with Crippen molar-refractivity contribution in [1.29, 1.82) is 0 Å². The summed E-state index contributed by atoms with van der Waals surface area (Å²) < 4.78 is 34.5. The van der Waals surface area contributed by atoms with Gasteiger partial charge in [-0.3, -0.25) is 4.68 Å². The Bertz CT molecular complexity index is 716. The van der Waals surface area contributed by atoms with Crippen molar-refractivity contribution in [3.63, 3.8) is 0 Å². The van der Waals surface area contributed by atoms with Gasteiger partial charge in [-0.1, -0.05) is 0 Å². The van der Waals surface area contributed by atoms with Crippen LogP contribution < -0.4 is 4.72 Å². The molecule has 3 heterocycles. The van der Waals surface area contributed by atoms with Crippen LogP contribution in [0.2, 0.25) is 0 Å². The van der Waals surface area contributed by atoms with Crippen LogP contribution in [0.4, 0.5) is 0 Å². The predicted molar refractivity (Wildman–Crippen MR) is 84.4 cm³/mol. The van der Waals surface area contributed by atoms with Gasteiger partial charge in [-0.25, -0.2) is 13.1 Å². The number of nitrogens with one attached hydrogen (secondary N) is 1. The molecule has 3 rings (SSSR count). The molecule has 2 aromatic rings. The Morgan fingerprint density at radius 1 is 1.45 bits per heavy atom. The number of rotatable bonds is 5. The molecular weight excluding hydrogens is 322 g/mol. The van der Waals surface area contributed by atoms with Crippen molar-refractivity contribution in [3.05, 3.63) is 34.8 Å². The highest BCUT2D eigenvalue weighted by Gasteiger charge is 2.36. The van der Waals surface area contributed by atoms with E-state index in [0.717, 1.165) is 12.8 Å². The van der Waals surface area contributed by atoms with Crippen molar-refractivity contribution in [3.8, 4) is 0 Å². The van der Waals surface area contributed by atoms with E-state index in [9.17, 15) is 8.42 Å². The van der Waals surface area contributed by atoms with Gasteiger partial charge < -0.3 is 4.74 Å². The third kappa shape index (κ3) is 3.10. The standard InChI is InChI=1S/C14H19N3O3S2/c1-17-9-13(8-15-17)22(18,19)16-11-14(3-5-20-6-4-14)12-2-7-21-10-12/h2,7-10,16H,3-6,11H2,1H3. The molecule has 1 aliphatic rings. The molecule has 0 bridgehead atoms. The van der Waals surface area contributed by atoms with Gasteiger partial charge in [0.25, 0.3) is 0 Å². The first kappa shape index (κ1) is 15.7. The lowest BCUT2D eigenvalue weighted by molar-refractivity contribution is 0.0518. The van der Waals surface area contributed by atoms with Gasteiger partial charge in [0.15, 0.2) is 0 Å². The van der Waals surface area contributed by atoms with Crippen LogP contribution in [0.25, 0.3) is 0 Å². The van der Waals surface area contributed by atoms with Crippen molar-refractivity contribution in [2.45, 2.75) is 23.2 Å². The van der Waals surface area contributed by atoms with Gasteiger partial charge in [-0.2, -0.15) is 16.4 Å². The maximum Gasteiger partial charge on any atom is 0.243 e. The molecule has 1 N–H and O–H groups in total. The minimum absolute atomic E-state index is 0.187. The first-order valence-electron chi connectivity index (χ1n) is 7.11. The molecule has 0 saturated carbocycles. The molecule has 0 atom stereocenters. The second-order valence-corrected chi connectivity index (χ2v) is 8.13. The molecule has 0 aliphatic carbocycles. The summed E-state index contributed by atoms with van der Waals surface area (Å²) in [7, 11) is -1.84. The predicted octanol–water partition coefficient (Wildman–Crippen LogP) is 1.51. The summed E-state index contributed by atoms with van der Waals surface area (Å²) in [6.45, 7) is 1.69. The highest BCUT2D eigenvalue weighted by molar-refractivity contribution is 7.89. The minimum atomic E-state index is -3.54. The van der Waals surface area contributed by atoms with Crippen LogP contribution in [0, 0.1) is 0 Å². The second kappa shape index (κ2) is 6.11. The lowest BCUT2D eigenvalue weighted by Crippen LogP contribution is -2.44. The van der Waals surface area contributed by atoms with Crippen LogP contribution in [-0.2, 0) is 27.2 Å². The number of thiophene rings is 1. The fraction of sp³-hybridized carbons (Fsp3) is 0.500. The summed E-state index contributed by atoms with van der Waals surface area (Å²) >= 11 is 1.63. The molecule has 0 spiro atoms. The van der Waals surface area contributed by atoms with E-state index in [0.29, 0.717) is 19.8 Å². The van der Waals surface area contributed by atoms with Crippen LogP contribution in [0.5, 0.6) is 0 Å². The lowest BCUT2D eigenvalue weighted by Gasteiger charge is -2.37. The lowest BCUT2D eigenvalue weighted by atomic mass is 9.75. The highest BCUT2D eigenvalue weighted by Crippen LogP contribution is 2.35. The normalized spacial score (nSPS) is 18.4. The van der Waals surface area contributed by atoms with Gasteiger partial charge in [0, 0.05) is 38.4 Å². The van der Waals surface area contributed by atoms with Crippen LogP contribution in [0.1, 0.15) is 18.4 Å². The smallest absolute Gasteiger partial charge is 0.243 e. The summed E-state index contributed by atoms with van der Waals surface area (Å²) in [4.78, 5) is 0.197. The number of aromatic nitrogens is 2. The summed E-state index contributed by atoms with van der Waals surface area (Å²) in [5.41, 5.74) is 1.00. The molecule has 0 unspecified atom stereocenters. The Hall–Kier alpha value is -1.22.